The summed E-state index contributed by atoms with van der Waals surface area (Å²) < 4.78 is 5.02. The highest BCUT2D eigenvalue weighted by Gasteiger charge is 2.22. The van der Waals surface area contributed by atoms with Crippen molar-refractivity contribution < 1.29 is 19.4 Å². The summed E-state index contributed by atoms with van der Waals surface area (Å²) in [6.45, 7) is 0.0494. The van der Waals surface area contributed by atoms with E-state index in [1.165, 1.54) is 0 Å². The van der Waals surface area contributed by atoms with Gasteiger partial charge in [-0.15, -0.1) is 0 Å². The van der Waals surface area contributed by atoms with Gasteiger partial charge in [-0.25, -0.2) is 9.59 Å². The van der Waals surface area contributed by atoms with E-state index < -0.39 is 18.1 Å². The number of rotatable bonds is 6. The molecule has 0 fully saturated rings. The minimum absolute atomic E-state index is 0.000492. The van der Waals surface area contributed by atoms with Crippen molar-refractivity contribution in [2.45, 2.75) is 19.1 Å². The third-order valence-corrected chi connectivity index (χ3v) is 3.36. The predicted octanol–water partition coefficient (Wildman–Crippen LogP) is 2.48. The Morgan fingerprint density at radius 2 is 1.79 bits per heavy atom. The van der Waals surface area contributed by atoms with Gasteiger partial charge in [0.25, 0.3) is 0 Å². The number of carbonyl (C=O) groups is 2. The van der Waals surface area contributed by atoms with Crippen molar-refractivity contribution in [3.05, 3.63) is 71.3 Å². The quantitative estimate of drug-likeness (QED) is 0.850. The van der Waals surface area contributed by atoms with Crippen LogP contribution in [0.4, 0.5) is 4.79 Å². The molecule has 6 heteroatoms. The molecule has 0 heterocycles. The van der Waals surface area contributed by atoms with Crippen molar-refractivity contribution in [3.8, 4) is 6.07 Å². The average molecular weight is 324 g/mol. The summed E-state index contributed by atoms with van der Waals surface area (Å²) in [5, 5.41) is 20.6. The number of nitrogens with zero attached hydrogens (tertiary/aromatic N) is 1. The van der Waals surface area contributed by atoms with Crippen LogP contribution in [0.15, 0.2) is 54.6 Å². The second-order valence-corrected chi connectivity index (χ2v) is 5.07. The Kier molecular flexibility index (Phi) is 5.92. The van der Waals surface area contributed by atoms with Gasteiger partial charge in [0.1, 0.15) is 12.6 Å². The largest absolute Gasteiger partial charge is 0.480 e. The Morgan fingerprint density at radius 1 is 1.12 bits per heavy atom. The molecule has 0 aromatic heterocycles. The fourth-order valence-corrected chi connectivity index (χ4v) is 2.13. The topological polar surface area (TPSA) is 99.4 Å². The Balaban J connectivity index is 1.97. The number of carbonyl (C=O) groups excluding carboxylic acids is 1. The van der Waals surface area contributed by atoms with E-state index in [9.17, 15) is 14.7 Å². The van der Waals surface area contributed by atoms with Gasteiger partial charge in [0.15, 0.2) is 0 Å². The summed E-state index contributed by atoms with van der Waals surface area (Å²) in [4.78, 5) is 23.2. The smallest absolute Gasteiger partial charge is 0.408 e. The Morgan fingerprint density at radius 3 is 2.46 bits per heavy atom. The third kappa shape index (κ3) is 4.85. The summed E-state index contributed by atoms with van der Waals surface area (Å²) in [7, 11) is 0. The van der Waals surface area contributed by atoms with Gasteiger partial charge in [0, 0.05) is 6.42 Å². The summed E-state index contributed by atoms with van der Waals surface area (Å²) in [5.41, 5.74) is 1.73. The number of alkyl carbamates (subject to hydrolysis) is 1. The van der Waals surface area contributed by atoms with E-state index in [4.69, 9.17) is 10.00 Å². The Hall–Kier alpha value is -3.33. The van der Waals surface area contributed by atoms with Crippen molar-refractivity contribution in [1.82, 2.24) is 5.32 Å². The summed E-state index contributed by atoms with van der Waals surface area (Å²) in [6.07, 6.45) is -0.819. The first-order chi connectivity index (χ1) is 11.6. The van der Waals surface area contributed by atoms with Gasteiger partial charge in [0.05, 0.1) is 11.6 Å². The van der Waals surface area contributed by atoms with Crippen LogP contribution in [0.1, 0.15) is 16.7 Å². The van der Waals surface area contributed by atoms with E-state index in [1.807, 2.05) is 24.3 Å². The molecule has 1 atom stereocenters. The molecular weight excluding hydrogens is 308 g/mol. The zero-order chi connectivity index (χ0) is 17.4. The molecule has 0 saturated heterocycles. The monoisotopic (exact) mass is 324 g/mol. The van der Waals surface area contributed by atoms with E-state index in [0.717, 1.165) is 5.56 Å². The van der Waals surface area contributed by atoms with Crippen molar-refractivity contribution in [2.24, 2.45) is 0 Å². The molecule has 2 aromatic carbocycles. The Bertz CT molecular complexity index is 753. The van der Waals surface area contributed by atoms with Crippen LogP contribution in [0.5, 0.6) is 0 Å². The maximum absolute atomic E-state index is 11.8. The normalized spacial score (nSPS) is 11.1. The second-order valence-electron chi connectivity index (χ2n) is 5.07. The van der Waals surface area contributed by atoms with Crippen LogP contribution in [0.2, 0.25) is 0 Å². The highest BCUT2D eigenvalue weighted by atomic mass is 16.5. The zero-order valence-electron chi connectivity index (χ0n) is 12.8. The van der Waals surface area contributed by atoms with Crippen LogP contribution in [-0.4, -0.2) is 23.2 Å². The van der Waals surface area contributed by atoms with Gasteiger partial charge < -0.3 is 15.2 Å². The predicted molar refractivity (Wildman–Crippen MR) is 86.0 cm³/mol. The average Bonchev–Trinajstić information content (AvgIpc) is 2.60. The lowest BCUT2D eigenvalue weighted by Gasteiger charge is -2.15. The van der Waals surface area contributed by atoms with Crippen molar-refractivity contribution in [1.29, 1.82) is 5.26 Å². The van der Waals surface area contributed by atoms with Gasteiger partial charge in [-0.3, -0.25) is 0 Å². The SMILES string of the molecule is N#Cc1ccccc1C[C@@H](NC(=O)OCc1ccccc1)C(=O)O. The standard InChI is InChI=1S/C18H16N2O4/c19-11-15-9-5-4-8-14(15)10-16(17(21)22)20-18(23)24-12-13-6-2-1-3-7-13/h1-9,16H,10,12H2,(H,20,23)(H,21,22)/t16-/m1/s1. The molecule has 6 nitrogen and oxygen atoms in total. The van der Waals surface area contributed by atoms with Crippen molar-refractivity contribution in [3.63, 3.8) is 0 Å². The van der Waals surface area contributed by atoms with Gasteiger partial charge in [-0.2, -0.15) is 5.26 Å². The number of aliphatic carboxylic acids is 1. The maximum Gasteiger partial charge on any atom is 0.408 e. The zero-order valence-corrected chi connectivity index (χ0v) is 12.8. The van der Waals surface area contributed by atoms with Crippen LogP contribution in [0, 0.1) is 11.3 Å². The van der Waals surface area contributed by atoms with Gasteiger partial charge in [-0.05, 0) is 17.2 Å². The van der Waals surface area contributed by atoms with Gasteiger partial charge >= 0.3 is 12.1 Å². The number of carboxylic acids is 1. The Labute approximate surface area is 139 Å². The highest BCUT2D eigenvalue weighted by molar-refractivity contribution is 5.80. The molecule has 0 saturated carbocycles. The lowest BCUT2D eigenvalue weighted by molar-refractivity contribution is -0.139. The number of amides is 1. The molecule has 0 radical (unpaired) electrons. The minimum atomic E-state index is -1.19. The molecule has 0 aliphatic rings. The molecule has 2 rings (SSSR count). The first kappa shape index (κ1) is 17.0. The molecule has 0 bridgehead atoms. The van der Waals surface area contributed by atoms with E-state index in [0.29, 0.717) is 11.1 Å². The fraction of sp³-hybridized carbons (Fsp3) is 0.167. The van der Waals surface area contributed by atoms with Crippen LogP contribution in [0.3, 0.4) is 0 Å². The van der Waals surface area contributed by atoms with Gasteiger partial charge in [0.2, 0.25) is 0 Å². The summed E-state index contributed by atoms with van der Waals surface area (Å²) in [6, 6.07) is 16.6. The summed E-state index contributed by atoms with van der Waals surface area (Å²) >= 11 is 0. The summed E-state index contributed by atoms with van der Waals surface area (Å²) in [5.74, 6) is -1.19. The molecule has 122 valence electrons. The van der Waals surface area contributed by atoms with Crippen LogP contribution < -0.4 is 5.32 Å². The van der Waals surface area contributed by atoms with E-state index in [2.05, 4.69) is 5.32 Å². The minimum Gasteiger partial charge on any atom is -0.480 e. The number of carboxylic acid groups (broad SMARTS) is 1. The van der Waals surface area contributed by atoms with Crippen LogP contribution in [-0.2, 0) is 22.6 Å². The number of nitrogens with one attached hydrogen (secondary N) is 1. The van der Waals surface area contributed by atoms with Gasteiger partial charge in [-0.1, -0.05) is 48.5 Å². The third-order valence-electron chi connectivity index (χ3n) is 3.36. The lowest BCUT2D eigenvalue weighted by Crippen LogP contribution is -2.42. The molecule has 24 heavy (non-hydrogen) atoms. The fourth-order valence-electron chi connectivity index (χ4n) is 2.13. The van der Waals surface area contributed by atoms with Crippen LogP contribution >= 0.6 is 0 Å². The molecular formula is C18H16N2O4. The maximum atomic E-state index is 11.8. The van der Waals surface area contributed by atoms with E-state index in [1.54, 1.807) is 36.4 Å². The molecule has 0 aliphatic carbocycles. The second kappa shape index (κ2) is 8.34. The van der Waals surface area contributed by atoms with E-state index in [-0.39, 0.29) is 13.0 Å². The number of nitriles is 1. The molecule has 0 unspecified atom stereocenters. The first-order valence-electron chi connectivity index (χ1n) is 7.28. The molecule has 1 amide bonds. The first-order valence-corrected chi connectivity index (χ1v) is 7.28. The molecule has 0 spiro atoms. The van der Waals surface area contributed by atoms with Crippen molar-refractivity contribution in [2.75, 3.05) is 0 Å². The number of hydrogen-bond acceptors (Lipinski definition) is 4. The van der Waals surface area contributed by atoms with E-state index >= 15 is 0 Å². The number of ether oxygens (including phenoxy) is 1. The highest BCUT2D eigenvalue weighted by Crippen LogP contribution is 2.11. The lowest BCUT2D eigenvalue weighted by atomic mass is 10.0. The van der Waals surface area contributed by atoms with Crippen LogP contribution in [0.25, 0.3) is 0 Å². The molecule has 0 aliphatic heterocycles. The molecule has 2 N–H and O–H groups in total. The number of hydrogen-bond donors (Lipinski definition) is 2. The number of benzene rings is 2. The van der Waals surface area contributed by atoms with Crippen molar-refractivity contribution >= 4 is 12.1 Å². The molecule has 2 aromatic rings.